The summed E-state index contributed by atoms with van der Waals surface area (Å²) in [5.41, 5.74) is 0. The van der Waals surface area contributed by atoms with Crippen LogP contribution in [0.2, 0.25) is 0 Å². The minimum atomic E-state index is -1.69. The van der Waals surface area contributed by atoms with E-state index in [0.29, 0.717) is 0 Å². The summed E-state index contributed by atoms with van der Waals surface area (Å²) < 4.78 is 18.3. The van der Waals surface area contributed by atoms with Crippen molar-refractivity contribution < 1.29 is 29.2 Å². The zero-order valence-corrected chi connectivity index (χ0v) is 8.95. The summed E-state index contributed by atoms with van der Waals surface area (Å²) >= 11 is 0. The Morgan fingerprint density at radius 1 is 1.41 bits per heavy atom. The van der Waals surface area contributed by atoms with E-state index in [1.54, 1.807) is 0 Å². The second kappa shape index (κ2) is 4.22. The van der Waals surface area contributed by atoms with Gasteiger partial charge in [0.1, 0.15) is 12.2 Å². The van der Waals surface area contributed by atoms with Gasteiger partial charge >= 0.3 is 6.03 Å². The molecule has 0 saturated carbocycles. The third-order valence-electron chi connectivity index (χ3n) is 2.77. The van der Waals surface area contributed by atoms with Crippen LogP contribution in [-0.4, -0.2) is 57.0 Å². The lowest BCUT2D eigenvalue weighted by Crippen LogP contribution is -2.54. The Labute approximate surface area is 96.1 Å². The summed E-state index contributed by atoms with van der Waals surface area (Å²) in [6, 6.07) is -0.816. The highest BCUT2D eigenvalue weighted by Crippen LogP contribution is 2.26. The molecule has 1 saturated heterocycles. The van der Waals surface area contributed by atoms with Crippen LogP contribution in [0.5, 0.6) is 0 Å². The second-order valence-corrected chi connectivity index (χ2v) is 3.99. The number of hydrogen-bond acceptors (Lipinski definition) is 5. The molecule has 0 spiro atoms. The van der Waals surface area contributed by atoms with Crippen LogP contribution in [-0.2, 0) is 4.74 Å². The zero-order chi connectivity index (χ0) is 12.7. The van der Waals surface area contributed by atoms with Crippen LogP contribution in [0, 0.1) is 0 Å². The molecule has 0 aromatic heterocycles. The molecule has 0 radical (unpaired) electrons. The van der Waals surface area contributed by atoms with Gasteiger partial charge in [0, 0.05) is 6.20 Å². The third kappa shape index (κ3) is 2.00. The van der Waals surface area contributed by atoms with Crippen molar-refractivity contribution in [1.82, 2.24) is 10.2 Å². The molecule has 2 heterocycles. The van der Waals surface area contributed by atoms with Crippen molar-refractivity contribution in [3.63, 3.8) is 0 Å². The number of nitrogens with one attached hydrogen (secondary N) is 1. The fourth-order valence-corrected chi connectivity index (χ4v) is 1.77. The van der Waals surface area contributed by atoms with E-state index in [0.717, 1.165) is 11.1 Å². The summed E-state index contributed by atoms with van der Waals surface area (Å²) in [5, 5.41) is 30.1. The monoisotopic (exact) mass is 248 g/mol. The topological polar surface area (TPSA) is 102 Å². The van der Waals surface area contributed by atoms with Crippen LogP contribution in [0.4, 0.5) is 9.18 Å². The molecule has 4 N–H and O–H groups in total. The minimum absolute atomic E-state index is 0.675. The van der Waals surface area contributed by atoms with E-state index >= 15 is 0 Å². The van der Waals surface area contributed by atoms with Gasteiger partial charge in [-0.1, -0.05) is 0 Å². The van der Waals surface area contributed by atoms with Crippen LogP contribution in [0.25, 0.3) is 0 Å². The number of carbonyl (C=O) groups is 1. The standard InChI is InChI=1S/C9H13FN2O5/c1-3-5(13)6(14)8(17-3)12-2-4(10)7(15)11-9(12)16/h2-3,5-8,13-15H,1H3,(H,11,16)/t3-,5+,6?,7?,8-/m1/s1. The van der Waals surface area contributed by atoms with Gasteiger partial charge in [0.25, 0.3) is 0 Å². The van der Waals surface area contributed by atoms with Gasteiger partial charge in [-0.2, -0.15) is 0 Å². The molecule has 0 aliphatic carbocycles. The highest BCUT2D eigenvalue weighted by atomic mass is 19.1. The fourth-order valence-electron chi connectivity index (χ4n) is 1.77. The van der Waals surface area contributed by atoms with Crippen LogP contribution in [0.3, 0.4) is 0 Å². The summed E-state index contributed by atoms with van der Waals surface area (Å²) in [7, 11) is 0. The number of rotatable bonds is 1. The van der Waals surface area contributed by atoms with Crippen molar-refractivity contribution in [3.8, 4) is 0 Å². The van der Waals surface area contributed by atoms with E-state index in [1.165, 1.54) is 6.92 Å². The molecule has 8 heteroatoms. The van der Waals surface area contributed by atoms with Crippen LogP contribution in [0.1, 0.15) is 6.92 Å². The number of amides is 2. The maximum absolute atomic E-state index is 13.1. The van der Waals surface area contributed by atoms with E-state index in [1.807, 2.05) is 5.32 Å². The molecule has 2 unspecified atom stereocenters. The first-order valence-corrected chi connectivity index (χ1v) is 5.07. The molecular weight excluding hydrogens is 235 g/mol. The van der Waals surface area contributed by atoms with Gasteiger partial charge in [-0.05, 0) is 6.92 Å². The molecule has 96 valence electrons. The molecule has 2 aliphatic heterocycles. The van der Waals surface area contributed by atoms with Gasteiger partial charge in [0.05, 0.1) is 6.10 Å². The largest absolute Gasteiger partial charge is 0.388 e. The average Bonchev–Trinajstić information content (AvgIpc) is 2.51. The molecule has 2 aliphatic rings. The fraction of sp³-hybridized carbons (Fsp3) is 0.667. The molecule has 17 heavy (non-hydrogen) atoms. The van der Waals surface area contributed by atoms with E-state index in [2.05, 4.69) is 0 Å². The predicted octanol–water partition coefficient (Wildman–Crippen LogP) is -1.39. The van der Waals surface area contributed by atoms with Crippen LogP contribution >= 0.6 is 0 Å². The quantitative estimate of drug-likeness (QED) is 0.457. The molecular formula is C9H13FN2O5. The maximum atomic E-state index is 13.1. The molecule has 0 aromatic rings. The Hall–Kier alpha value is -1.22. The number of aliphatic hydroxyl groups excluding tert-OH is 3. The van der Waals surface area contributed by atoms with Crippen molar-refractivity contribution in [1.29, 1.82) is 0 Å². The average molecular weight is 248 g/mol. The third-order valence-corrected chi connectivity index (χ3v) is 2.77. The normalized spacial score (nSPS) is 42.4. The van der Waals surface area contributed by atoms with Gasteiger partial charge < -0.3 is 25.4 Å². The molecule has 0 aromatic carbocycles. The first kappa shape index (κ1) is 12.2. The first-order valence-electron chi connectivity index (χ1n) is 5.07. The Morgan fingerprint density at radius 3 is 2.59 bits per heavy atom. The Balaban J connectivity index is 2.21. The van der Waals surface area contributed by atoms with Crippen molar-refractivity contribution in [3.05, 3.63) is 12.0 Å². The summed E-state index contributed by atoms with van der Waals surface area (Å²) in [5.74, 6) is -0.977. The maximum Gasteiger partial charge on any atom is 0.326 e. The van der Waals surface area contributed by atoms with Crippen LogP contribution in [0.15, 0.2) is 12.0 Å². The molecule has 2 amide bonds. The number of hydrogen-bond donors (Lipinski definition) is 4. The van der Waals surface area contributed by atoms with Gasteiger partial charge in [0.2, 0.25) is 0 Å². The number of aliphatic hydroxyl groups is 3. The summed E-state index contributed by atoms with van der Waals surface area (Å²) in [4.78, 5) is 12.2. The molecule has 2 rings (SSSR count). The molecule has 1 fully saturated rings. The second-order valence-electron chi connectivity index (χ2n) is 3.99. The molecule has 5 atom stereocenters. The van der Waals surface area contributed by atoms with E-state index < -0.39 is 42.6 Å². The van der Waals surface area contributed by atoms with Crippen LogP contribution < -0.4 is 5.32 Å². The lowest BCUT2D eigenvalue weighted by Gasteiger charge is -2.31. The number of halogens is 1. The van der Waals surface area contributed by atoms with Gasteiger partial charge in [-0.25, -0.2) is 9.18 Å². The van der Waals surface area contributed by atoms with E-state index in [-0.39, 0.29) is 0 Å². The smallest absolute Gasteiger partial charge is 0.326 e. The lowest BCUT2D eigenvalue weighted by atomic mass is 10.1. The van der Waals surface area contributed by atoms with Gasteiger partial charge in [-0.15, -0.1) is 0 Å². The molecule has 0 bridgehead atoms. The predicted molar refractivity (Wildman–Crippen MR) is 51.9 cm³/mol. The van der Waals surface area contributed by atoms with Crippen molar-refractivity contribution >= 4 is 6.03 Å². The molecule has 7 nitrogen and oxygen atoms in total. The van der Waals surface area contributed by atoms with Gasteiger partial charge in [0.15, 0.2) is 18.3 Å². The zero-order valence-electron chi connectivity index (χ0n) is 8.95. The van der Waals surface area contributed by atoms with Gasteiger partial charge in [-0.3, -0.25) is 4.90 Å². The number of carbonyl (C=O) groups excluding carboxylic acids is 1. The number of urea groups is 1. The van der Waals surface area contributed by atoms with E-state index in [9.17, 15) is 19.4 Å². The SMILES string of the molecule is C[C@H]1O[C@@H](N2C=C(F)C(O)NC2=O)C(O)[C@H]1O. The number of ether oxygens (including phenoxy) is 1. The van der Waals surface area contributed by atoms with Crippen molar-refractivity contribution in [2.75, 3.05) is 0 Å². The Morgan fingerprint density at radius 2 is 2.06 bits per heavy atom. The minimum Gasteiger partial charge on any atom is -0.388 e. The summed E-state index contributed by atoms with van der Waals surface area (Å²) in [6.45, 7) is 1.52. The lowest BCUT2D eigenvalue weighted by molar-refractivity contribution is -0.0547. The van der Waals surface area contributed by atoms with E-state index in [4.69, 9.17) is 9.84 Å². The summed E-state index contributed by atoms with van der Waals surface area (Å²) in [6.07, 6.45) is -5.31. The van der Waals surface area contributed by atoms with Crippen molar-refractivity contribution in [2.45, 2.75) is 37.7 Å². The Bertz CT molecular complexity index is 363. The van der Waals surface area contributed by atoms with Crippen molar-refractivity contribution in [2.24, 2.45) is 0 Å². The highest BCUT2D eigenvalue weighted by Gasteiger charge is 2.46. The first-order chi connectivity index (χ1) is 7.91. The highest BCUT2D eigenvalue weighted by molar-refractivity contribution is 5.77. The Kier molecular flexibility index (Phi) is 3.04. The number of nitrogens with zero attached hydrogens (tertiary/aromatic N) is 1.